The van der Waals surface area contributed by atoms with Crippen molar-refractivity contribution in [2.75, 3.05) is 6.54 Å². The van der Waals surface area contributed by atoms with E-state index in [1.54, 1.807) is 13.8 Å². The molecule has 2 amide bonds. The van der Waals surface area contributed by atoms with E-state index in [9.17, 15) is 9.59 Å². The lowest BCUT2D eigenvalue weighted by molar-refractivity contribution is -0.128. The van der Waals surface area contributed by atoms with Gasteiger partial charge in [0, 0.05) is 19.0 Å². The summed E-state index contributed by atoms with van der Waals surface area (Å²) in [6.07, 6.45) is 0.240. The van der Waals surface area contributed by atoms with Gasteiger partial charge in [-0.2, -0.15) is 0 Å². The van der Waals surface area contributed by atoms with Crippen LogP contribution >= 0.6 is 0 Å². The number of carbonyl (C=O) groups is 2. The first-order valence-electron chi connectivity index (χ1n) is 4.80. The summed E-state index contributed by atoms with van der Waals surface area (Å²) in [6, 6.07) is -0.683. The minimum absolute atomic E-state index is 0.175. The number of hydrogen-bond acceptors (Lipinski definition) is 3. The van der Waals surface area contributed by atoms with E-state index in [4.69, 9.17) is 5.73 Å². The van der Waals surface area contributed by atoms with Gasteiger partial charge in [0.2, 0.25) is 11.8 Å². The molecule has 0 rings (SSSR count). The Kier molecular flexibility index (Phi) is 5.87. The highest BCUT2D eigenvalue weighted by Crippen LogP contribution is 1.89. The predicted molar refractivity (Wildman–Crippen MR) is 54.6 cm³/mol. The Morgan fingerprint density at radius 2 is 1.93 bits per heavy atom. The number of nitrogens with one attached hydrogen (secondary N) is 2. The van der Waals surface area contributed by atoms with Crippen molar-refractivity contribution in [2.45, 2.75) is 39.3 Å². The monoisotopic (exact) mass is 201 g/mol. The molecule has 2 atom stereocenters. The second kappa shape index (κ2) is 6.37. The molecule has 0 aliphatic heterocycles. The van der Waals surface area contributed by atoms with Gasteiger partial charge in [-0.25, -0.2) is 0 Å². The smallest absolute Gasteiger partial charge is 0.242 e. The second-order valence-corrected chi connectivity index (χ2v) is 3.37. The van der Waals surface area contributed by atoms with Crippen molar-refractivity contribution in [2.24, 2.45) is 5.73 Å². The second-order valence-electron chi connectivity index (χ2n) is 3.37. The number of hydrogen-bond donors (Lipinski definition) is 3. The van der Waals surface area contributed by atoms with Gasteiger partial charge in [-0.15, -0.1) is 0 Å². The lowest BCUT2D eigenvalue weighted by Gasteiger charge is -2.13. The van der Waals surface area contributed by atoms with E-state index in [0.29, 0.717) is 6.54 Å². The van der Waals surface area contributed by atoms with Crippen molar-refractivity contribution in [3.05, 3.63) is 0 Å². The zero-order chi connectivity index (χ0) is 11.1. The number of amides is 2. The third kappa shape index (κ3) is 5.53. The summed E-state index contributed by atoms with van der Waals surface area (Å²) in [4.78, 5) is 22.4. The van der Waals surface area contributed by atoms with Gasteiger partial charge in [0.15, 0.2) is 0 Å². The minimum atomic E-state index is -0.499. The maximum absolute atomic E-state index is 11.2. The van der Waals surface area contributed by atoms with Crippen LogP contribution in [0.1, 0.15) is 27.2 Å². The number of likely N-dealkylation sites (N-methyl/N-ethyl adjacent to an activating group) is 1. The zero-order valence-electron chi connectivity index (χ0n) is 8.96. The van der Waals surface area contributed by atoms with Crippen LogP contribution in [0.5, 0.6) is 0 Å². The molecule has 0 aromatic carbocycles. The molecule has 0 fully saturated rings. The molecule has 0 radical (unpaired) electrons. The lowest BCUT2D eigenvalue weighted by Crippen LogP contribution is -2.45. The van der Waals surface area contributed by atoms with Crippen molar-refractivity contribution in [1.82, 2.24) is 10.6 Å². The molecule has 0 aliphatic rings. The van der Waals surface area contributed by atoms with Crippen LogP contribution < -0.4 is 16.4 Å². The van der Waals surface area contributed by atoms with Gasteiger partial charge in [0.05, 0.1) is 0 Å². The van der Waals surface area contributed by atoms with E-state index in [1.165, 1.54) is 0 Å². The van der Waals surface area contributed by atoms with Crippen LogP contribution in [-0.4, -0.2) is 30.4 Å². The third-order valence-corrected chi connectivity index (χ3v) is 1.63. The first-order chi connectivity index (χ1) is 6.47. The molecule has 0 aromatic heterocycles. The van der Waals surface area contributed by atoms with Crippen LogP contribution in [0.15, 0.2) is 0 Å². The van der Waals surface area contributed by atoms with Crippen molar-refractivity contribution in [3.8, 4) is 0 Å². The number of carbonyl (C=O) groups excluding carboxylic acids is 2. The average molecular weight is 201 g/mol. The Bertz CT molecular complexity index is 204. The first kappa shape index (κ1) is 12.9. The fraction of sp³-hybridized carbons (Fsp3) is 0.778. The molecule has 0 bridgehead atoms. The molecular formula is C9H19N3O2. The molecular weight excluding hydrogens is 182 g/mol. The Labute approximate surface area is 84.4 Å². The molecule has 0 aromatic rings. The van der Waals surface area contributed by atoms with Crippen LogP contribution in [0.25, 0.3) is 0 Å². The minimum Gasteiger partial charge on any atom is -0.355 e. The molecule has 5 heteroatoms. The van der Waals surface area contributed by atoms with E-state index < -0.39 is 6.04 Å². The molecule has 5 nitrogen and oxygen atoms in total. The maximum atomic E-state index is 11.2. The highest BCUT2D eigenvalue weighted by Gasteiger charge is 2.14. The van der Waals surface area contributed by atoms with Gasteiger partial charge in [-0.1, -0.05) is 0 Å². The van der Waals surface area contributed by atoms with Crippen molar-refractivity contribution >= 4 is 11.8 Å². The molecule has 0 heterocycles. The van der Waals surface area contributed by atoms with Gasteiger partial charge in [0.25, 0.3) is 0 Å². The van der Waals surface area contributed by atoms with Crippen LogP contribution in [0.4, 0.5) is 0 Å². The van der Waals surface area contributed by atoms with Crippen molar-refractivity contribution in [3.63, 3.8) is 0 Å². The first-order valence-corrected chi connectivity index (χ1v) is 4.80. The topological polar surface area (TPSA) is 84.2 Å². The third-order valence-electron chi connectivity index (χ3n) is 1.63. The summed E-state index contributed by atoms with van der Waals surface area (Å²) in [5, 5.41) is 5.18. The molecule has 0 saturated heterocycles. The van der Waals surface area contributed by atoms with E-state index in [-0.39, 0.29) is 24.3 Å². The average Bonchev–Trinajstić information content (AvgIpc) is 2.02. The van der Waals surface area contributed by atoms with Gasteiger partial charge in [-0.3, -0.25) is 9.59 Å². The highest BCUT2D eigenvalue weighted by molar-refractivity contribution is 5.87. The molecule has 14 heavy (non-hydrogen) atoms. The summed E-state index contributed by atoms with van der Waals surface area (Å²) in [5.74, 6) is -0.371. The highest BCUT2D eigenvalue weighted by atomic mass is 16.2. The fourth-order valence-corrected chi connectivity index (χ4v) is 0.986. The largest absolute Gasteiger partial charge is 0.355 e. The number of nitrogens with two attached hydrogens (primary N) is 1. The quantitative estimate of drug-likeness (QED) is 0.553. The van der Waals surface area contributed by atoms with Crippen molar-refractivity contribution < 1.29 is 9.59 Å². The van der Waals surface area contributed by atoms with Crippen molar-refractivity contribution in [1.29, 1.82) is 0 Å². The van der Waals surface area contributed by atoms with Crippen LogP contribution in [0.2, 0.25) is 0 Å². The fourth-order valence-electron chi connectivity index (χ4n) is 0.986. The zero-order valence-corrected chi connectivity index (χ0v) is 8.96. The summed E-state index contributed by atoms with van der Waals surface area (Å²) in [5.41, 5.74) is 5.44. The summed E-state index contributed by atoms with van der Waals surface area (Å²) in [6.45, 7) is 5.78. The van der Waals surface area contributed by atoms with Gasteiger partial charge < -0.3 is 16.4 Å². The lowest BCUT2D eigenvalue weighted by atomic mass is 10.2. The molecule has 2 unspecified atom stereocenters. The van der Waals surface area contributed by atoms with Gasteiger partial charge in [0.1, 0.15) is 6.04 Å². The van der Waals surface area contributed by atoms with E-state index >= 15 is 0 Å². The molecule has 0 spiro atoms. The SMILES string of the molecule is CCNC(=O)C(C)NC(=O)CC(C)N. The summed E-state index contributed by atoms with van der Waals surface area (Å²) in [7, 11) is 0. The molecule has 4 N–H and O–H groups in total. The normalized spacial score (nSPS) is 14.3. The van der Waals surface area contributed by atoms with Crippen LogP contribution in [0, 0.1) is 0 Å². The maximum Gasteiger partial charge on any atom is 0.242 e. The standard InChI is InChI=1S/C9H19N3O2/c1-4-11-9(14)7(3)12-8(13)5-6(2)10/h6-7H,4-5,10H2,1-3H3,(H,11,14)(H,12,13). The van der Waals surface area contributed by atoms with Crippen LogP contribution in [0.3, 0.4) is 0 Å². The molecule has 0 saturated carbocycles. The van der Waals surface area contributed by atoms with Gasteiger partial charge >= 0.3 is 0 Å². The molecule has 0 aliphatic carbocycles. The Morgan fingerprint density at radius 1 is 1.36 bits per heavy atom. The summed E-state index contributed by atoms with van der Waals surface area (Å²) < 4.78 is 0. The van der Waals surface area contributed by atoms with Gasteiger partial charge in [-0.05, 0) is 20.8 Å². The number of rotatable bonds is 5. The van der Waals surface area contributed by atoms with E-state index in [1.807, 2.05) is 6.92 Å². The summed E-state index contributed by atoms with van der Waals surface area (Å²) >= 11 is 0. The Hall–Kier alpha value is -1.10. The van der Waals surface area contributed by atoms with E-state index in [0.717, 1.165) is 0 Å². The molecule has 82 valence electrons. The Morgan fingerprint density at radius 3 is 2.36 bits per heavy atom. The Balaban J connectivity index is 3.87. The van der Waals surface area contributed by atoms with Crippen LogP contribution in [-0.2, 0) is 9.59 Å². The van der Waals surface area contributed by atoms with E-state index in [2.05, 4.69) is 10.6 Å². The predicted octanol–water partition coefficient (Wildman–Crippen LogP) is -0.635.